The van der Waals surface area contributed by atoms with Crippen LogP contribution in [0.2, 0.25) is 0 Å². The van der Waals surface area contributed by atoms with Crippen molar-refractivity contribution in [3.8, 4) is 0 Å². The topological polar surface area (TPSA) is 184 Å². The average molecular weight is 310 g/mol. The van der Waals surface area contributed by atoms with Gasteiger partial charge in [-0.3, -0.25) is 9.59 Å². The molecule has 0 saturated carbocycles. The third-order valence-electron chi connectivity index (χ3n) is 2.38. The number of esters is 2. The second-order valence-corrected chi connectivity index (χ2v) is 3.87. The number of nitrogens with zero attached hydrogens (tertiary/aromatic N) is 4. The molecule has 1 aliphatic rings. The summed E-state index contributed by atoms with van der Waals surface area (Å²) in [5.74, 6) is -3.32. The molecule has 12 nitrogen and oxygen atoms in total. The molecule has 12 heteroatoms. The Morgan fingerprint density at radius 1 is 0.955 bits per heavy atom. The molecule has 2 atom stereocenters. The van der Waals surface area contributed by atoms with Crippen molar-refractivity contribution in [3.63, 3.8) is 0 Å². The van der Waals surface area contributed by atoms with Gasteiger partial charge in [0.05, 0.1) is 0 Å². The highest BCUT2D eigenvalue weighted by molar-refractivity contribution is 6.21. The number of hydrogen-bond donors (Lipinski definition) is 2. The van der Waals surface area contributed by atoms with Crippen LogP contribution in [-0.4, -0.2) is 71.1 Å². The van der Waals surface area contributed by atoms with Crippen LogP contribution in [0.15, 0.2) is 0 Å². The fraction of sp³-hybridized carbons (Fsp3) is 0.400. The van der Waals surface area contributed by atoms with E-state index in [0.29, 0.717) is 12.4 Å². The molecule has 1 saturated heterocycles. The molecule has 1 aliphatic heterocycles. The van der Waals surface area contributed by atoms with Crippen LogP contribution in [-0.2, 0) is 28.7 Å². The zero-order valence-corrected chi connectivity index (χ0v) is 11.0. The van der Waals surface area contributed by atoms with E-state index < -0.39 is 49.1 Å². The number of amides is 2. The summed E-state index contributed by atoms with van der Waals surface area (Å²) in [6.07, 6.45) is 0.959. The number of carbonyl (C=O) groups is 4. The van der Waals surface area contributed by atoms with E-state index in [9.17, 15) is 19.2 Å². The van der Waals surface area contributed by atoms with Crippen LogP contribution in [0, 0.1) is 0 Å². The Morgan fingerprint density at radius 2 is 1.32 bits per heavy atom. The molecule has 1 rings (SSSR count). The summed E-state index contributed by atoms with van der Waals surface area (Å²) in [5.41, 5.74) is 16.2. The maximum atomic E-state index is 11.7. The molecular formula is C10H10N6O6. The summed E-state index contributed by atoms with van der Waals surface area (Å²) in [5, 5.41) is 4.52. The van der Waals surface area contributed by atoms with Gasteiger partial charge in [0.15, 0.2) is 0 Å². The van der Waals surface area contributed by atoms with Crippen molar-refractivity contribution in [2.45, 2.75) is 12.1 Å². The van der Waals surface area contributed by atoms with Gasteiger partial charge < -0.3 is 31.2 Å². The van der Waals surface area contributed by atoms with Crippen LogP contribution in [0.5, 0.6) is 0 Å². The normalized spacial score (nSPS) is 19.6. The molecule has 2 amide bonds. The van der Waals surface area contributed by atoms with E-state index >= 15 is 0 Å². The fourth-order valence-electron chi connectivity index (χ4n) is 1.41. The Bertz CT molecular complexity index is 539. The van der Waals surface area contributed by atoms with Gasteiger partial charge in [-0.15, -0.1) is 0 Å². The van der Waals surface area contributed by atoms with Crippen LogP contribution in [0.4, 0.5) is 0 Å². The minimum Gasteiger partial charge on any atom is -0.455 e. The van der Waals surface area contributed by atoms with E-state index in [-0.39, 0.29) is 0 Å². The lowest BCUT2D eigenvalue weighted by Crippen LogP contribution is -2.64. The molecule has 0 aromatic heterocycles. The molecule has 0 radical (unpaired) electrons. The second-order valence-electron chi connectivity index (χ2n) is 3.87. The Hall–Kier alpha value is -3.36. The zero-order chi connectivity index (χ0) is 16.5. The first kappa shape index (κ1) is 16.7. The van der Waals surface area contributed by atoms with Gasteiger partial charge in [-0.05, 0) is 0 Å². The lowest BCUT2D eigenvalue weighted by molar-refractivity contribution is -0.148. The molecule has 116 valence electrons. The third kappa shape index (κ3) is 4.96. The molecule has 0 aromatic carbocycles. The van der Waals surface area contributed by atoms with Crippen LogP contribution in [0.1, 0.15) is 0 Å². The van der Waals surface area contributed by atoms with Gasteiger partial charge in [-0.2, -0.15) is 9.58 Å². The van der Waals surface area contributed by atoms with E-state index in [0.717, 1.165) is 0 Å². The minimum absolute atomic E-state index is 0.466. The Morgan fingerprint density at radius 3 is 1.64 bits per heavy atom. The number of hydrogen-bond acceptors (Lipinski definition) is 6. The van der Waals surface area contributed by atoms with Crippen molar-refractivity contribution in [1.82, 2.24) is 10.6 Å². The maximum absolute atomic E-state index is 11.7. The number of rotatable bonds is 6. The van der Waals surface area contributed by atoms with E-state index in [1.54, 1.807) is 0 Å². The van der Waals surface area contributed by atoms with Crippen molar-refractivity contribution in [3.05, 3.63) is 11.1 Å². The van der Waals surface area contributed by atoms with Crippen LogP contribution >= 0.6 is 0 Å². The highest BCUT2D eigenvalue weighted by atomic mass is 16.5. The van der Waals surface area contributed by atoms with Gasteiger partial charge in [0.2, 0.25) is 11.8 Å². The molecule has 22 heavy (non-hydrogen) atoms. The average Bonchev–Trinajstić information content (AvgIpc) is 2.47. The Labute approximate surface area is 122 Å². The lowest BCUT2D eigenvalue weighted by atomic mass is 10.1. The fourth-order valence-corrected chi connectivity index (χ4v) is 1.41. The summed E-state index contributed by atoms with van der Waals surface area (Å²) in [7, 11) is 0. The van der Waals surface area contributed by atoms with Gasteiger partial charge >= 0.3 is 24.4 Å². The van der Waals surface area contributed by atoms with Crippen LogP contribution in [0.3, 0.4) is 0 Å². The molecule has 0 spiro atoms. The first-order valence-electron chi connectivity index (χ1n) is 5.77. The molecule has 0 aromatic rings. The number of carbonyl (C=O) groups excluding carboxylic acids is 4. The van der Waals surface area contributed by atoms with E-state index in [2.05, 4.69) is 29.7 Å². The summed E-state index contributed by atoms with van der Waals surface area (Å²) >= 11 is 0. The number of ether oxygens (including phenoxy) is 2. The number of piperazine rings is 1. The van der Waals surface area contributed by atoms with E-state index in [4.69, 9.17) is 11.1 Å². The summed E-state index contributed by atoms with van der Waals surface area (Å²) in [6.45, 7) is -0.932. The third-order valence-corrected chi connectivity index (χ3v) is 2.38. The molecule has 0 aliphatic carbocycles. The predicted molar refractivity (Wildman–Crippen MR) is 65.1 cm³/mol. The molecular weight excluding hydrogens is 300 g/mol. The standard InChI is InChI=1S/C10H10N6O6/c11-13-1-7(17)21-3-5-9(19)16-6(10(20)15-5)4-22-8(18)2-14-12/h1-2,5-6H,3-4H2,(H,15,20)(H,16,19)/t5-,6-/m1/s1. The van der Waals surface area contributed by atoms with Gasteiger partial charge in [-0.1, -0.05) is 0 Å². The first-order valence-corrected chi connectivity index (χ1v) is 5.77. The van der Waals surface area contributed by atoms with Crippen LogP contribution < -0.4 is 10.6 Å². The maximum Gasteiger partial charge on any atom is 0.413 e. The Balaban J connectivity index is 2.50. The predicted octanol–water partition coefficient (Wildman–Crippen LogP) is -3.34. The van der Waals surface area contributed by atoms with Gasteiger partial charge in [-0.25, -0.2) is 9.59 Å². The van der Waals surface area contributed by atoms with Crippen molar-refractivity contribution in [2.24, 2.45) is 0 Å². The quantitative estimate of drug-likeness (QED) is 0.223. The highest BCUT2D eigenvalue weighted by Crippen LogP contribution is 1.99. The number of nitrogens with one attached hydrogen (secondary N) is 2. The molecule has 0 bridgehead atoms. The van der Waals surface area contributed by atoms with Crippen molar-refractivity contribution in [2.75, 3.05) is 13.2 Å². The second kappa shape index (κ2) is 8.04. The minimum atomic E-state index is -1.13. The van der Waals surface area contributed by atoms with E-state index in [1.165, 1.54) is 0 Å². The van der Waals surface area contributed by atoms with Crippen molar-refractivity contribution in [1.29, 1.82) is 0 Å². The molecule has 1 heterocycles. The van der Waals surface area contributed by atoms with Crippen molar-refractivity contribution >= 4 is 36.2 Å². The molecule has 1 fully saturated rings. The lowest BCUT2D eigenvalue weighted by Gasteiger charge is -2.28. The monoisotopic (exact) mass is 310 g/mol. The van der Waals surface area contributed by atoms with Gasteiger partial charge in [0, 0.05) is 0 Å². The molecule has 2 N–H and O–H groups in total. The van der Waals surface area contributed by atoms with Gasteiger partial charge in [0.25, 0.3) is 0 Å². The van der Waals surface area contributed by atoms with Crippen molar-refractivity contribution < 1.29 is 38.2 Å². The summed E-state index contributed by atoms with van der Waals surface area (Å²) in [6, 6.07) is -2.26. The van der Waals surface area contributed by atoms with Gasteiger partial charge in [0.1, 0.15) is 25.3 Å². The SMILES string of the molecule is [N-]=[N+]=CC(=O)OC[C@H]1NC(=O)[C@@H](COC(=O)C=[N+]=[N-])NC1=O. The zero-order valence-electron chi connectivity index (χ0n) is 11.0. The smallest absolute Gasteiger partial charge is 0.413 e. The highest BCUT2D eigenvalue weighted by Gasteiger charge is 2.35. The summed E-state index contributed by atoms with van der Waals surface area (Å²) in [4.78, 5) is 50.1. The largest absolute Gasteiger partial charge is 0.455 e. The molecule has 0 unspecified atom stereocenters. The summed E-state index contributed by atoms with van der Waals surface area (Å²) < 4.78 is 9.10. The van der Waals surface area contributed by atoms with Crippen LogP contribution in [0.25, 0.3) is 11.1 Å². The first-order chi connectivity index (χ1) is 10.5. The van der Waals surface area contributed by atoms with E-state index in [1.807, 2.05) is 0 Å². The Kier molecular flexibility index (Phi) is 6.10.